The molecule has 0 radical (unpaired) electrons. The fourth-order valence-electron chi connectivity index (χ4n) is 2.86. The molecule has 0 saturated heterocycles. The lowest BCUT2D eigenvalue weighted by molar-refractivity contribution is 0.414. The number of anilines is 1. The topological polar surface area (TPSA) is 37.4 Å². The smallest absolute Gasteiger partial charge is 0.119 e. The van der Waals surface area contributed by atoms with Crippen LogP contribution in [0.25, 0.3) is 0 Å². The first-order valence-electron chi connectivity index (χ1n) is 7.27. The number of benzene rings is 1. The molecule has 1 atom stereocenters. The van der Waals surface area contributed by atoms with Gasteiger partial charge >= 0.3 is 0 Å². The van der Waals surface area contributed by atoms with Crippen LogP contribution < -0.4 is 15.0 Å². The molecule has 4 heteroatoms. The molecule has 0 spiro atoms. The molecule has 1 aliphatic rings. The molecule has 1 aromatic heterocycles. The lowest BCUT2D eigenvalue weighted by Crippen LogP contribution is -2.40. The first kappa shape index (κ1) is 13.9. The van der Waals surface area contributed by atoms with Gasteiger partial charge < -0.3 is 15.0 Å². The van der Waals surface area contributed by atoms with Crippen LogP contribution in [0.4, 0.5) is 5.69 Å². The molecule has 0 aliphatic carbocycles. The minimum absolute atomic E-state index is 0.417. The quantitative estimate of drug-likeness (QED) is 0.937. The molecule has 2 aromatic rings. The Kier molecular flexibility index (Phi) is 4.06. The Labute approximate surface area is 125 Å². The number of pyridine rings is 1. The van der Waals surface area contributed by atoms with Gasteiger partial charge in [-0.2, -0.15) is 0 Å². The van der Waals surface area contributed by atoms with Crippen LogP contribution in [0, 0.1) is 0 Å². The van der Waals surface area contributed by atoms with Crippen molar-refractivity contribution in [3.63, 3.8) is 0 Å². The van der Waals surface area contributed by atoms with Crippen molar-refractivity contribution in [3.8, 4) is 5.75 Å². The second-order valence-electron chi connectivity index (χ2n) is 5.44. The van der Waals surface area contributed by atoms with Crippen molar-refractivity contribution in [2.45, 2.75) is 19.0 Å². The lowest BCUT2D eigenvalue weighted by atomic mass is 10.0. The summed E-state index contributed by atoms with van der Waals surface area (Å²) in [6.07, 6.45) is 4.69. The number of hydrogen-bond acceptors (Lipinski definition) is 4. The van der Waals surface area contributed by atoms with Crippen molar-refractivity contribution < 1.29 is 4.74 Å². The Hall–Kier alpha value is -2.07. The van der Waals surface area contributed by atoms with Gasteiger partial charge in [0.25, 0.3) is 0 Å². The summed E-state index contributed by atoms with van der Waals surface area (Å²) in [5.41, 5.74) is 3.93. The van der Waals surface area contributed by atoms with Crippen LogP contribution in [-0.2, 0) is 13.0 Å². The van der Waals surface area contributed by atoms with Gasteiger partial charge in [0.05, 0.1) is 7.11 Å². The van der Waals surface area contributed by atoms with Crippen molar-refractivity contribution in [1.82, 2.24) is 10.3 Å². The average Bonchev–Trinajstić information content (AvgIpc) is 2.76. The van der Waals surface area contributed by atoms with Crippen LogP contribution >= 0.6 is 0 Å². The summed E-state index contributed by atoms with van der Waals surface area (Å²) in [6.45, 7) is 1.88. The largest absolute Gasteiger partial charge is 0.497 e. The lowest BCUT2D eigenvalue weighted by Gasteiger charge is -2.29. The molecule has 0 amide bonds. The summed E-state index contributed by atoms with van der Waals surface area (Å²) < 4.78 is 5.36. The Morgan fingerprint density at radius 2 is 2.00 bits per heavy atom. The van der Waals surface area contributed by atoms with Gasteiger partial charge in [0.1, 0.15) is 5.75 Å². The van der Waals surface area contributed by atoms with Crippen LogP contribution in [0.3, 0.4) is 0 Å². The third kappa shape index (κ3) is 3.00. The zero-order valence-corrected chi connectivity index (χ0v) is 12.5. The summed E-state index contributed by atoms with van der Waals surface area (Å²) in [4.78, 5) is 6.41. The van der Waals surface area contributed by atoms with Crippen LogP contribution in [0.1, 0.15) is 11.1 Å². The van der Waals surface area contributed by atoms with Crippen molar-refractivity contribution >= 4 is 5.69 Å². The van der Waals surface area contributed by atoms with E-state index in [1.165, 1.54) is 16.8 Å². The minimum Gasteiger partial charge on any atom is -0.497 e. The van der Waals surface area contributed by atoms with Gasteiger partial charge in [0, 0.05) is 44.3 Å². The Balaban J connectivity index is 1.84. The number of methoxy groups -OCH3 is 1. The number of likely N-dealkylation sites (N-methyl/N-ethyl adjacent to an activating group) is 1. The Bertz CT molecular complexity index is 600. The summed E-state index contributed by atoms with van der Waals surface area (Å²) in [7, 11) is 3.87. The second-order valence-corrected chi connectivity index (χ2v) is 5.44. The fourth-order valence-corrected chi connectivity index (χ4v) is 2.86. The molecule has 1 N–H and O–H groups in total. The molecule has 21 heavy (non-hydrogen) atoms. The molecule has 1 unspecified atom stereocenters. The monoisotopic (exact) mass is 283 g/mol. The molecule has 2 heterocycles. The van der Waals surface area contributed by atoms with E-state index in [0.29, 0.717) is 6.04 Å². The molecule has 0 fully saturated rings. The van der Waals surface area contributed by atoms with Gasteiger partial charge in [-0.25, -0.2) is 0 Å². The number of aromatic nitrogens is 1. The van der Waals surface area contributed by atoms with E-state index >= 15 is 0 Å². The van der Waals surface area contributed by atoms with E-state index < -0.39 is 0 Å². The number of ether oxygens (including phenoxy) is 1. The van der Waals surface area contributed by atoms with Gasteiger partial charge in [0.15, 0.2) is 0 Å². The van der Waals surface area contributed by atoms with E-state index in [0.717, 1.165) is 25.3 Å². The number of nitrogens with one attached hydrogen (secondary N) is 1. The zero-order valence-electron chi connectivity index (χ0n) is 12.5. The highest BCUT2D eigenvalue weighted by Crippen LogP contribution is 2.24. The van der Waals surface area contributed by atoms with Crippen LogP contribution in [0.15, 0.2) is 42.7 Å². The first-order chi connectivity index (χ1) is 10.3. The van der Waals surface area contributed by atoms with E-state index in [4.69, 9.17) is 4.74 Å². The predicted molar refractivity (Wildman–Crippen MR) is 84.8 cm³/mol. The highest BCUT2D eigenvalue weighted by molar-refractivity contribution is 5.46. The van der Waals surface area contributed by atoms with Gasteiger partial charge in [-0.05, 0) is 41.8 Å². The average molecular weight is 283 g/mol. The van der Waals surface area contributed by atoms with E-state index in [1.54, 1.807) is 7.11 Å². The summed E-state index contributed by atoms with van der Waals surface area (Å²) >= 11 is 0. The molecule has 0 bridgehead atoms. The minimum atomic E-state index is 0.417. The maximum atomic E-state index is 5.36. The van der Waals surface area contributed by atoms with E-state index in [-0.39, 0.29) is 0 Å². The molecule has 110 valence electrons. The second kappa shape index (κ2) is 6.14. The SMILES string of the molecule is COc1ccc2c(c1)CC(N(C)c1ccncc1)CNC2. The molecule has 1 aromatic carbocycles. The standard InChI is InChI=1S/C17H21N3O/c1-20(15-5-7-18-8-6-15)16-9-14-10-17(21-2)4-3-13(14)11-19-12-16/h3-8,10,16,19H,9,11-12H2,1-2H3. The molecule has 0 saturated carbocycles. The maximum Gasteiger partial charge on any atom is 0.119 e. The van der Waals surface area contributed by atoms with E-state index in [9.17, 15) is 0 Å². The van der Waals surface area contributed by atoms with Gasteiger partial charge in [-0.15, -0.1) is 0 Å². The van der Waals surface area contributed by atoms with E-state index in [1.807, 2.05) is 18.5 Å². The predicted octanol–water partition coefficient (Wildman–Crippen LogP) is 2.24. The van der Waals surface area contributed by atoms with E-state index in [2.05, 4.69) is 46.5 Å². The van der Waals surface area contributed by atoms with Crippen molar-refractivity contribution in [2.24, 2.45) is 0 Å². The molecule has 3 rings (SSSR count). The molecule has 1 aliphatic heterocycles. The van der Waals surface area contributed by atoms with Crippen LogP contribution in [0.5, 0.6) is 5.75 Å². The Morgan fingerprint density at radius 1 is 1.19 bits per heavy atom. The number of hydrogen-bond donors (Lipinski definition) is 1. The molecular weight excluding hydrogens is 262 g/mol. The van der Waals surface area contributed by atoms with Gasteiger partial charge in [-0.3, -0.25) is 4.98 Å². The highest BCUT2D eigenvalue weighted by Gasteiger charge is 2.20. The van der Waals surface area contributed by atoms with Crippen molar-refractivity contribution in [3.05, 3.63) is 53.9 Å². The van der Waals surface area contributed by atoms with Crippen molar-refractivity contribution in [2.75, 3.05) is 25.6 Å². The number of nitrogens with zero attached hydrogens (tertiary/aromatic N) is 2. The molecular formula is C17H21N3O. The van der Waals surface area contributed by atoms with Crippen molar-refractivity contribution in [1.29, 1.82) is 0 Å². The third-order valence-electron chi connectivity index (χ3n) is 4.18. The van der Waals surface area contributed by atoms with Gasteiger partial charge in [0.2, 0.25) is 0 Å². The first-order valence-corrected chi connectivity index (χ1v) is 7.27. The van der Waals surface area contributed by atoms with Gasteiger partial charge in [-0.1, -0.05) is 6.07 Å². The summed E-state index contributed by atoms with van der Waals surface area (Å²) in [5.74, 6) is 0.931. The highest BCUT2D eigenvalue weighted by atomic mass is 16.5. The normalized spacial score (nSPS) is 17.7. The maximum absolute atomic E-state index is 5.36. The zero-order chi connectivity index (χ0) is 14.7. The molecule has 4 nitrogen and oxygen atoms in total. The summed E-state index contributed by atoms with van der Waals surface area (Å²) in [5, 5.41) is 3.54. The Morgan fingerprint density at radius 3 is 2.76 bits per heavy atom. The number of fused-ring (bicyclic) bond motifs is 1. The third-order valence-corrected chi connectivity index (χ3v) is 4.18. The van der Waals surface area contributed by atoms with Crippen LogP contribution in [-0.4, -0.2) is 31.7 Å². The fraction of sp³-hybridized carbons (Fsp3) is 0.353. The number of rotatable bonds is 3. The van der Waals surface area contributed by atoms with Crippen LogP contribution in [0.2, 0.25) is 0 Å². The summed E-state index contributed by atoms with van der Waals surface area (Å²) in [6, 6.07) is 10.9.